The standard InChI is InChI=1S/C13H21N2O5S/c1-18-11-8-13(20-3)12(19-2)7-10(11)9-14-5-6-15-21(4,16)17/h7-8,14H,5-6,9H2,1-4H3/q-1/p+1. The molecule has 21 heavy (non-hydrogen) atoms. The van der Waals surface area contributed by atoms with Crippen molar-refractivity contribution in [1.82, 2.24) is 0 Å². The highest BCUT2D eigenvalue weighted by Gasteiger charge is 2.12. The molecule has 0 unspecified atom stereocenters. The van der Waals surface area contributed by atoms with Crippen molar-refractivity contribution < 1.29 is 27.9 Å². The third-order valence-electron chi connectivity index (χ3n) is 2.81. The van der Waals surface area contributed by atoms with Gasteiger partial charge in [-0.25, -0.2) is 8.42 Å². The molecule has 0 bridgehead atoms. The van der Waals surface area contributed by atoms with Gasteiger partial charge in [0.2, 0.25) is 0 Å². The number of hydrogen-bond donors (Lipinski definition) is 1. The van der Waals surface area contributed by atoms with Crippen molar-refractivity contribution >= 4 is 10.0 Å². The fourth-order valence-corrected chi connectivity index (χ4v) is 2.26. The van der Waals surface area contributed by atoms with Gasteiger partial charge in [0.25, 0.3) is 0 Å². The maximum Gasteiger partial charge on any atom is 0.164 e. The van der Waals surface area contributed by atoms with E-state index in [-0.39, 0.29) is 6.54 Å². The molecule has 2 N–H and O–H groups in total. The van der Waals surface area contributed by atoms with E-state index < -0.39 is 10.0 Å². The molecular formula is C13H22N2O5S. The lowest BCUT2D eigenvalue weighted by atomic mass is 10.1. The first-order valence-electron chi connectivity index (χ1n) is 6.40. The molecule has 1 aromatic rings. The van der Waals surface area contributed by atoms with Gasteiger partial charge >= 0.3 is 0 Å². The van der Waals surface area contributed by atoms with Gasteiger partial charge < -0.3 is 24.2 Å². The van der Waals surface area contributed by atoms with Crippen molar-refractivity contribution in [3.05, 3.63) is 22.4 Å². The highest BCUT2D eigenvalue weighted by atomic mass is 32.2. The van der Waals surface area contributed by atoms with Crippen molar-refractivity contribution in [2.45, 2.75) is 6.54 Å². The highest BCUT2D eigenvalue weighted by molar-refractivity contribution is 7.93. The van der Waals surface area contributed by atoms with Gasteiger partial charge in [-0.3, -0.25) is 0 Å². The summed E-state index contributed by atoms with van der Waals surface area (Å²) in [6, 6.07) is 3.62. The molecule has 7 nitrogen and oxygen atoms in total. The first-order chi connectivity index (χ1) is 9.91. The summed E-state index contributed by atoms with van der Waals surface area (Å²) in [5.74, 6) is 1.93. The summed E-state index contributed by atoms with van der Waals surface area (Å²) >= 11 is 0. The van der Waals surface area contributed by atoms with Crippen LogP contribution in [0.5, 0.6) is 17.2 Å². The molecular weight excluding hydrogens is 296 g/mol. The van der Waals surface area contributed by atoms with Crippen LogP contribution in [0.1, 0.15) is 5.56 Å². The Hall–Kier alpha value is -1.51. The molecule has 0 aliphatic rings. The number of benzene rings is 1. The van der Waals surface area contributed by atoms with Crippen LogP contribution < -0.4 is 19.5 Å². The summed E-state index contributed by atoms with van der Waals surface area (Å²) in [7, 11) is 1.47. The Balaban J connectivity index is 2.65. The number of ether oxygens (including phenoxy) is 3. The lowest BCUT2D eigenvalue weighted by molar-refractivity contribution is -0.667. The largest absolute Gasteiger partial charge is 0.545 e. The van der Waals surface area contributed by atoms with Gasteiger partial charge in [-0.15, -0.1) is 0 Å². The van der Waals surface area contributed by atoms with Crippen LogP contribution in [0.3, 0.4) is 0 Å². The maximum atomic E-state index is 10.9. The molecule has 0 heterocycles. The van der Waals surface area contributed by atoms with Gasteiger partial charge in [-0.05, 0) is 6.07 Å². The average Bonchev–Trinajstić information content (AvgIpc) is 2.44. The van der Waals surface area contributed by atoms with Gasteiger partial charge in [0.15, 0.2) is 11.5 Å². The Labute approximate surface area is 125 Å². The fourth-order valence-electron chi connectivity index (χ4n) is 1.82. The molecule has 0 radical (unpaired) electrons. The van der Waals surface area contributed by atoms with E-state index in [1.165, 1.54) is 0 Å². The predicted molar refractivity (Wildman–Crippen MR) is 79.7 cm³/mol. The van der Waals surface area contributed by atoms with E-state index in [4.69, 9.17) is 14.2 Å². The van der Waals surface area contributed by atoms with Gasteiger partial charge in [0, 0.05) is 12.3 Å². The minimum atomic E-state index is -3.26. The van der Waals surface area contributed by atoms with Crippen molar-refractivity contribution in [3.8, 4) is 17.2 Å². The van der Waals surface area contributed by atoms with E-state index in [0.717, 1.165) is 11.8 Å². The highest BCUT2D eigenvalue weighted by Crippen LogP contribution is 2.34. The summed E-state index contributed by atoms with van der Waals surface area (Å²) in [6.45, 7) is 1.46. The quantitative estimate of drug-likeness (QED) is 0.652. The Bertz CT molecular complexity index is 560. The molecule has 0 fully saturated rings. The van der Waals surface area contributed by atoms with Crippen LogP contribution in [0.15, 0.2) is 12.1 Å². The molecule has 0 spiro atoms. The van der Waals surface area contributed by atoms with Gasteiger partial charge in [-0.2, -0.15) is 0 Å². The van der Waals surface area contributed by atoms with Crippen molar-refractivity contribution in [2.24, 2.45) is 0 Å². The van der Waals surface area contributed by atoms with E-state index in [9.17, 15) is 8.42 Å². The van der Waals surface area contributed by atoms with Gasteiger partial charge in [0.05, 0.1) is 43.5 Å². The van der Waals surface area contributed by atoms with Crippen LogP contribution in [0, 0.1) is 0 Å². The zero-order chi connectivity index (χ0) is 15.9. The average molecular weight is 318 g/mol. The Morgan fingerprint density at radius 3 is 2.14 bits per heavy atom. The number of hydrogen-bond acceptors (Lipinski definition) is 5. The topological polar surface area (TPSA) is 92.5 Å². The smallest absolute Gasteiger partial charge is 0.164 e. The third-order valence-corrected chi connectivity index (χ3v) is 3.46. The van der Waals surface area contributed by atoms with E-state index in [2.05, 4.69) is 4.72 Å². The first-order valence-corrected chi connectivity index (χ1v) is 8.25. The van der Waals surface area contributed by atoms with Gasteiger partial charge in [-0.1, -0.05) is 6.54 Å². The van der Waals surface area contributed by atoms with Crippen LogP contribution in [0.4, 0.5) is 0 Å². The van der Waals surface area contributed by atoms with Crippen LogP contribution in [0.25, 0.3) is 4.72 Å². The summed E-state index contributed by atoms with van der Waals surface area (Å²) in [5.41, 5.74) is 0.939. The Morgan fingerprint density at radius 2 is 1.62 bits per heavy atom. The molecule has 8 heteroatoms. The van der Waals surface area contributed by atoms with E-state index in [0.29, 0.717) is 30.3 Å². The molecule has 0 atom stereocenters. The monoisotopic (exact) mass is 318 g/mol. The minimum Gasteiger partial charge on any atom is -0.545 e. The van der Waals surface area contributed by atoms with Crippen LogP contribution in [-0.4, -0.2) is 49.1 Å². The Morgan fingerprint density at radius 1 is 1.05 bits per heavy atom. The van der Waals surface area contributed by atoms with Gasteiger partial charge in [0.1, 0.15) is 12.3 Å². The van der Waals surface area contributed by atoms with E-state index in [1.807, 2.05) is 11.4 Å². The van der Waals surface area contributed by atoms with E-state index in [1.54, 1.807) is 27.4 Å². The molecule has 0 aliphatic heterocycles. The predicted octanol–water partition coefficient (Wildman–Crippen LogP) is 0.109. The Kier molecular flexibility index (Phi) is 6.73. The second-order valence-electron chi connectivity index (χ2n) is 4.39. The molecule has 0 saturated heterocycles. The molecule has 1 aromatic carbocycles. The molecule has 1 rings (SSSR count). The van der Waals surface area contributed by atoms with Crippen molar-refractivity contribution in [3.63, 3.8) is 0 Å². The number of methoxy groups -OCH3 is 3. The molecule has 0 aromatic heterocycles. The minimum absolute atomic E-state index is 0.258. The van der Waals surface area contributed by atoms with Crippen molar-refractivity contribution in [2.75, 3.05) is 40.7 Å². The fraction of sp³-hybridized carbons (Fsp3) is 0.538. The maximum absolute atomic E-state index is 10.9. The SMILES string of the molecule is COc1cc(OC)c(OC)cc1C[NH2+]CC[N-]S(C)(=O)=O. The number of nitrogens with two attached hydrogens (primary N) is 1. The lowest BCUT2D eigenvalue weighted by Crippen LogP contribution is -2.83. The molecule has 0 saturated carbocycles. The first kappa shape index (κ1) is 17.5. The summed E-state index contributed by atoms with van der Waals surface area (Å²) in [6.07, 6.45) is 1.09. The zero-order valence-corrected chi connectivity index (χ0v) is 13.6. The van der Waals surface area contributed by atoms with E-state index >= 15 is 0 Å². The van der Waals surface area contributed by atoms with Crippen LogP contribution in [-0.2, 0) is 16.6 Å². The van der Waals surface area contributed by atoms with Crippen LogP contribution >= 0.6 is 0 Å². The number of nitrogens with zero attached hydrogens (tertiary/aromatic N) is 1. The molecule has 0 aliphatic carbocycles. The molecule has 120 valence electrons. The second-order valence-corrected chi connectivity index (χ2v) is 6.11. The van der Waals surface area contributed by atoms with Crippen molar-refractivity contribution in [1.29, 1.82) is 0 Å². The van der Waals surface area contributed by atoms with Crippen LogP contribution in [0.2, 0.25) is 0 Å². The second kappa shape index (κ2) is 8.06. The normalized spacial score (nSPS) is 11.2. The number of sulfonamides is 1. The molecule has 0 amide bonds. The number of rotatable bonds is 9. The number of quaternary nitrogens is 1. The summed E-state index contributed by atoms with van der Waals surface area (Å²) < 4.78 is 41.1. The lowest BCUT2D eigenvalue weighted by Gasteiger charge is -2.16. The summed E-state index contributed by atoms with van der Waals surface area (Å²) in [5, 5.41) is 1.96. The third kappa shape index (κ3) is 5.78. The summed E-state index contributed by atoms with van der Waals surface area (Å²) in [4.78, 5) is 0. The zero-order valence-electron chi connectivity index (χ0n) is 12.8.